The van der Waals surface area contributed by atoms with Crippen molar-refractivity contribution >= 4 is 18.4 Å². The van der Waals surface area contributed by atoms with Gasteiger partial charge < -0.3 is 14.4 Å². The van der Waals surface area contributed by atoms with Crippen molar-refractivity contribution in [2.24, 2.45) is 0 Å². The summed E-state index contributed by atoms with van der Waals surface area (Å²) < 4.78 is 11.0. The average molecular weight is 324 g/mol. The summed E-state index contributed by atoms with van der Waals surface area (Å²) in [5, 5.41) is 9.74. The van der Waals surface area contributed by atoms with Crippen LogP contribution in [0.25, 0.3) is 0 Å². The van der Waals surface area contributed by atoms with Crippen LogP contribution in [0.2, 0.25) is 0 Å². The number of unbranched alkanes of at least 4 members (excludes halogenated alkanes) is 1. The highest BCUT2D eigenvalue weighted by atomic mass is 16.5. The molecule has 2 aromatic carbocycles. The summed E-state index contributed by atoms with van der Waals surface area (Å²) in [6.45, 7) is 2.89. The number of ketones is 1. The molecule has 4 nitrogen and oxygen atoms in total. The first-order valence-electron chi connectivity index (χ1n) is 8.35. The van der Waals surface area contributed by atoms with Gasteiger partial charge in [0.1, 0.15) is 12.4 Å². The first-order chi connectivity index (χ1) is 11.7. The predicted molar refractivity (Wildman–Crippen MR) is 93.5 cm³/mol. The number of ether oxygens (including phenoxy) is 1. The van der Waals surface area contributed by atoms with Crippen molar-refractivity contribution in [3.63, 3.8) is 0 Å². The molecule has 0 amide bonds. The van der Waals surface area contributed by atoms with Gasteiger partial charge in [-0.2, -0.15) is 0 Å². The average Bonchev–Trinajstić information content (AvgIpc) is 2.99. The zero-order valence-corrected chi connectivity index (χ0v) is 13.8. The highest BCUT2D eigenvalue weighted by molar-refractivity contribution is 6.61. The zero-order chi connectivity index (χ0) is 16.9. The molecular formula is C19H21BO4. The van der Waals surface area contributed by atoms with E-state index in [-0.39, 0.29) is 5.78 Å². The Bertz CT molecular complexity index is 729. The van der Waals surface area contributed by atoms with E-state index in [9.17, 15) is 9.82 Å². The smallest absolute Gasteiger partial charge is 0.489 e. The lowest BCUT2D eigenvalue weighted by atomic mass is 9.79. The fraction of sp³-hybridized carbons (Fsp3) is 0.316. The first-order valence-corrected chi connectivity index (χ1v) is 8.35. The highest BCUT2D eigenvalue weighted by Gasteiger charge is 2.27. The topological polar surface area (TPSA) is 55.8 Å². The minimum Gasteiger partial charge on any atom is -0.489 e. The number of hydrogen-bond donors (Lipinski definition) is 1. The van der Waals surface area contributed by atoms with E-state index in [0.29, 0.717) is 25.4 Å². The Hall–Kier alpha value is -2.11. The Morgan fingerprint density at radius 3 is 3.00 bits per heavy atom. The number of Topliss-reactive ketones (excluding diaryl/α,β-unsaturated/α-hetero) is 1. The van der Waals surface area contributed by atoms with Gasteiger partial charge in [-0.05, 0) is 41.2 Å². The third-order valence-electron chi connectivity index (χ3n) is 4.19. The molecule has 1 aliphatic heterocycles. The second-order valence-electron chi connectivity index (χ2n) is 6.04. The van der Waals surface area contributed by atoms with Crippen molar-refractivity contribution in [3.8, 4) is 5.75 Å². The molecule has 0 saturated heterocycles. The summed E-state index contributed by atoms with van der Waals surface area (Å²) in [6, 6.07) is 13.2. The van der Waals surface area contributed by atoms with E-state index in [2.05, 4.69) is 6.92 Å². The molecule has 0 aromatic heterocycles. The zero-order valence-electron chi connectivity index (χ0n) is 13.8. The quantitative estimate of drug-likeness (QED) is 0.628. The molecule has 24 heavy (non-hydrogen) atoms. The van der Waals surface area contributed by atoms with Gasteiger partial charge in [0.15, 0.2) is 5.78 Å². The van der Waals surface area contributed by atoms with Gasteiger partial charge in [0.2, 0.25) is 0 Å². The third kappa shape index (κ3) is 3.86. The molecule has 0 fully saturated rings. The molecule has 1 heterocycles. The molecule has 2 aromatic rings. The molecule has 0 bridgehead atoms. The van der Waals surface area contributed by atoms with Crippen LogP contribution in [0.4, 0.5) is 0 Å². The molecule has 0 atom stereocenters. The van der Waals surface area contributed by atoms with Crippen molar-refractivity contribution in [2.75, 3.05) is 0 Å². The van der Waals surface area contributed by atoms with Crippen LogP contribution in [0.1, 0.15) is 47.7 Å². The molecule has 1 aliphatic rings. The van der Waals surface area contributed by atoms with Crippen LogP contribution in [0, 0.1) is 0 Å². The van der Waals surface area contributed by atoms with E-state index < -0.39 is 7.12 Å². The van der Waals surface area contributed by atoms with Crippen molar-refractivity contribution in [3.05, 3.63) is 59.2 Å². The molecule has 0 unspecified atom stereocenters. The number of carbonyl (C=O) groups excluding carboxylic acids is 1. The maximum atomic E-state index is 12.1. The Balaban J connectivity index is 1.65. The number of hydrogen-bond acceptors (Lipinski definition) is 4. The Kier molecular flexibility index (Phi) is 5.33. The molecular weight excluding hydrogens is 303 g/mol. The standard InChI is InChI=1S/C19H21BO4/c1-2-3-7-19(21)15-6-4-5-14(10-15)12-23-17-9-8-16-13-24-20(22)18(16)11-17/h4-6,8-11,22H,2-3,7,12-13H2,1H3. The maximum absolute atomic E-state index is 12.1. The van der Waals surface area contributed by atoms with E-state index in [0.717, 1.165) is 35.0 Å². The number of fused-ring (bicyclic) bond motifs is 1. The van der Waals surface area contributed by atoms with Gasteiger partial charge in [-0.1, -0.05) is 37.6 Å². The fourth-order valence-corrected chi connectivity index (χ4v) is 2.77. The summed E-state index contributed by atoms with van der Waals surface area (Å²) >= 11 is 0. The highest BCUT2D eigenvalue weighted by Crippen LogP contribution is 2.18. The van der Waals surface area contributed by atoms with Crippen LogP contribution in [0.5, 0.6) is 5.75 Å². The van der Waals surface area contributed by atoms with Gasteiger partial charge in [0.05, 0.1) is 6.61 Å². The van der Waals surface area contributed by atoms with Crippen LogP contribution in [-0.2, 0) is 17.9 Å². The van der Waals surface area contributed by atoms with Gasteiger partial charge in [-0.25, -0.2) is 0 Å². The predicted octanol–water partition coefficient (Wildman–Crippen LogP) is 2.86. The van der Waals surface area contributed by atoms with Crippen LogP contribution >= 0.6 is 0 Å². The largest absolute Gasteiger partial charge is 0.491 e. The minimum atomic E-state index is -0.872. The van der Waals surface area contributed by atoms with Crippen molar-refractivity contribution < 1.29 is 19.2 Å². The van der Waals surface area contributed by atoms with E-state index in [1.807, 2.05) is 42.5 Å². The molecule has 0 aliphatic carbocycles. The number of carbonyl (C=O) groups is 1. The van der Waals surface area contributed by atoms with Crippen LogP contribution in [-0.4, -0.2) is 17.9 Å². The second-order valence-corrected chi connectivity index (χ2v) is 6.04. The Labute approximate surface area is 142 Å². The third-order valence-corrected chi connectivity index (χ3v) is 4.19. The Morgan fingerprint density at radius 2 is 2.17 bits per heavy atom. The van der Waals surface area contributed by atoms with E-state index in [1.54, 1.807) is 0 Å². The second kappa shape index (κ2) is 7.64. The molecule has 0 spiro atoms. The molecule has 3 rings (SSSR count). The summed E-state index contributed by atoms with van der Waals surface area (Å²) in [5.74, 6) is 0.859. The minimum absolute atomic E-state index is 0.177. The van der Waals surface area contributed by atoms with Gasteiger partial charge in [-0.3, -0.25) is 4.79 Å². The van der Waals surface area contributed by atoms with Crippen LogP contribution < -0.4 is 10.2 Å². The first kappa shape index (κ1) is 16.7. The fourth-order valence-electron chi connectivity index (χ4n) is 2.77. The normalized spacial score (nSPS) is 13.0. The van der Waals surface area contributed by atoms with Crippen molar-refractivity contribution in [2.45, 2.75) is 39.4 Å². The lowest BCUT2D eigenvalue weighted by Gasteiger charge is -2.09. The van der Waals surface area contributed by atoms with Gasteiger partial charge in [0.25, 0.3) is 0 Å². The van der Waals surface area contributed by atoms with Gasteiger partial charge >= 0.3 is 7.12 Å². The van der Waals surface area contributed by atoms with E-state index in [1.165, 1.54) is 0 Å². The molecule has 1 N–H and O–H groups in total. The van der Waals surface area contributed by atoms with Crippen LogP contribution in [0.15, 0.2) is 42.5 Å². The summed E-state index contributed by atoms with van der Waals surface area (Å²) in [6.07, 6.45) is 2.52. The number of rotatable bonds is 7. The molecule has 0 saturated carbocycles. The molecule has 5 heteroatoms. The van der Waals surface area contributed by atoms with Gasteiger partial charge in [0, 0.05) is 12.0 Å². The lowest BCUT2D eigenvalue weighted by molar-refractivity contribution is 0.0979. The summed E-state index contributed by atoms with van der Waals surface area (Å²) in [7, 11) is -0.872. The van der Waals surface area contributed by atoms with Crippen molar-refractivity contribution in [1.29, 1.82) is 0 Å². The van der Waals surface area contributed by atoms with Crippen molar-refractivity contribution in [1.82, 2.24) is 0 Å². The summed E-state index contributed by atoms with van der Waals surface area (Å²) in [5.41, 5.74) is 3.44. The molecule has 0 radical (unpaired) electrons. The SMILES string of the molecule is CCCCC(=O)c1cccc(COc2ccc3c(c2)B(O)OC3)c1. The van der Waals surface area contributed by atoms with Crippen LogP contribution in [0.3, 0.4) is 0 Å². The van der Waals surface area contributed by atoms with E-state index in [4.69, 9.17) is 9.39 Å². The monoisotopic (exact) mass is 324 g/mol. The Morgan fingerprint density at radius 1 is 1.29 bits per heavy atom. The maximum Gasteiger partial charge on any atom is 0.491 e. The summed E-state index contributed by atoms with van der Waals surface area (Å²) in [4.78, 5) is 12.1. The molecule has 124 valence electrons. The van der Waals surface area contributed by atoms with Gasteiger partial charge in [-0.15, -0.1) is 0 Å². The number of benzene rings is 2. The van der Waals surface area contributed by atoms with E-state index >= 15 is 0 Å². The lowest BCUT2D eigenvalue weighted by Crippen LogP contribution is -2.27.